The molecule has 1 heterocycles. The number of hydrogen-bond donors (Lipinski definition) is 1. The van der Waals surface area contributed by atoms with Gasteiger partial charge in [-0.05, 0) is 77.1 Å². The van der Waals surface area contributed by atoms with E-state index in [1.165, 1.54) is 4.90 Å². The fourth-order valence-corrected chi connectivity index (χ4v) is 3.11. The number of hydrogen-bond acceptors (Lipinski definition) is 2. The molecule has 1 amide bonds. The van der Waals surface area contributed by atoms with Crippen molar-refractivity contribution in [1.82, 2.24) is 5.32 Å². The average Bonchev–Trinajstić information content (AvgIpc) is 2.76. The molecule has 1 saturated heterocycles. The summed E-state index contributed by atoms with van der Waals surface area (Å²) < 4.78 is 1.06. The number of nitrogens with one attached hydrogen (secondary N) is 1. The predicted octanol–water partition coefficient (Wildman–Crippen LogP) is 3.86. The normalized spacial score (nSPS) is 16.3. The van der Waals surface area contributed by atoms with E-state index in [4.69, 9.17) is 12.2 Å². The van der Waals surface area contributed by atoms with Gasteiger partial charge in [0.25, 0.3) is 5.91 Å². The molecule has 1 fully saturated rings. The van der Waals surface area contributed by atoms with Gasteiger partial charge in [-0.2, -0.15) is 0 Å². The van der Waals surface area contributed by atoms with Gasteiger partial charge in [0.1, 0.15) is 5.70 Å². The van der Waals surface area contributed by atoms with Crippen LogP contribution in [0, 0.1) is 10.5 Å². The van der Waals surface area contributed by atoms with E-state index in [1.807, 2.05) is 61.5 Å². The van der Waals surface area contributed by atoms with Crippen molar-refractivity contribution in [2.45, 2.75) is 6.92 Å². The molecule has 0 aromatic heterocycles. The summed E-state index contributed by atoms with van der Waals surface area (Å²) in [5.74, 6) is -0.129. The fraction of sp³-hybridized carbons (Fsp3) is 0.0588. The summed E-state index contributed by atoms with van der Waals surface area (Å²) in [6, 6.07) is 15.6. The summed E-state index contributed by atoms with van der Waals surface area (Å²) in [4.78, 5) is 14.2. The standard InChI is InChI=1S/C17H13IN2OS/c1-11-5-2-3-6-12(11)9-15-16(21)20(17(22)19-15)14-8-4-7-13(18)10-14/h2-10H,1H3,(H,19,22)/b15-9-. The monoisotopic (exact) mass is 420 g/mol. The highest BCUT2D eigenvalue weighted by molar-refractivity contribution is 14.1. The van der Waals surface area contributed by atoms with Crippen molar-refractivity contribution >= 4 is 57.6 Å². The van der Waals surface area contributed by atoms with Crippen LogP contribution in [-0.2, 0) is 4.79 Å². The zero-order valence-electron chi connectivity index (χ0n) is 11.8. The molecule has 0 aliphatic carbocycles. The van der Waals surface area contributed by atoms with E-state index in [0.717, 1.165) is 20.4 Å². The van der Waals surface area contributed by atoms with Gasteiger partial charge < -0.3 is 5.32 Å². The van der Waals surface area contributed by atoms with Crippen LogP contribution in [0.2, 0.25) is 0 Å². The number of carbonyl (C=O) groups excluding carboxylic acids is 1. The molecule has 0 bridgehead atoms. The molecular formula is C17H13IN2OS. The molecule has 3 rings (SSSR count). The van der Waals surface area contributed by atoms with Crippen LogP contribution in [0.15, 0.2) is 54.2 Å². The van der Waals surface area contributed by atoms with Crippen LogP contribution in [-0.4, -0.2) is 11.0 Å². The van der Waals surface area contributed by atoms with Gasteiger partial charge in [0, 0.05) is 3.57 Å². The Balaban J connectivity index is 1.97. The second-order valence-electron chi connectivity index (χ2n) is 4.97. The van der Waals surface area contributed by atoms with Gasteiger partial charge in [-0.3, -0.25) is 9.69 Å². The summed E-state index contributed by atoms with van der Waals surface area (Å²) in [5.41, 5.74) is 3.40. The molecule has 0 saturated carbocycles. The van der Waals surface area contributed by atoms with Crippen molar-refractivity contribution in [2.75, 3.05) is 4.90 Å². The third-order valence-electron chi connectivity index (χ3n) is 3.43. The third-order valence-corrected chi connectivity index (χ3v) is 4.39. The minimum absolute atomic E-state index is 0.129. The van der Waals surface area contributed by atoms with E-state index >= 15 is 0 Å². The second kappa shape index (κ2) is 6.18. The van der Waals surface area contributed by atoms with Crippen molar-refractivity contribution in [1.29, 1.82) is 0 Å². The van der Waals surface area contributed by atoms with Crippen LogP contribution in [0.4, 0.5) is 5.69 Å². The third kappa shape index (κ3) is 2.91. The van der Waals surface area contributed by atoms with Crippen molar-refractivity contribution in [2.24, 2.45) is 0 Å². The summed E-state index contributed by atoms with van der Waals surface area (Å²) >= 11 is 7.54. The molecule has 2 aromatic carbocycles. The van der Waals surface area contributed by atoms with Crippen LogP contribution >= 0.6 is 34.8 Å². The summed E-state index contributed by atoms with van der Waals surface area (Å²) in [7, 11) is 0. The quantitative estimate of drug-likeness (QED) is 0.455. The number of benzene rings is 2. The maximum atomic E-state index is 12.6. The molecular weight excluding hydrogens is 407 g/mol. The number of carbonyl (C=O) groups is 1. The Morgan fingerprint density at radius 3 is 2.68 bits per heavy atom. The summed E-state index contributed by atoms with van der Waals surface area (Å²) in [6.45, 7) is 2.02. The van der Waals surface area contributed by atoms with E-state index in [9.17, 15) is 4.79 Å². The molecule has 2 aromatic rings. The zero-order valence-corrected chi connectivity index (χ0v) is 14.8. The first-order valence-electron chi connectivity index (χ1n) is 6.74. The van der Waals surface area contributed by atoms with E-state index in [2.05, 4.69) is 27.9 Å². The Morgan fingerprint density at radius 2 is 1.95 bits per heavy atom. The van der Waals surface area contributed by atoms with Gasteiger partial charge in [0.05, 0.1) is 5.69 Å². The Hall–Kier alpha value is -1.73. The lowest BCUT2D eigenvalue weighted by atomic mass is 10.1. The van der Waals surface area contributed by atoms with Crippen molar-refractivity contribution in [3.05, 3.63) is 68.9 Å². The molecule has 1 aliphatic rings. The zero-order chi connectivity index (χ0) is 15.7. The number of amides is 1. The first kappa shape index (κ1) is 15.2. The second-order valence-corrected chi connectivity index (χ2v) is 6.60. The average molecular weight is 420 g/mol. The van der Waals surface area contributed by atoms with E-state index in [1.54, 1.807) is 0 Å². The molecule has 0 atom stereocenters. The molecule has 0 radical (unpaired) electrons. The highest BCUT2D eigenvalue weighted by Gasteiger charge is 2.32. The van der Waals surface area contributed by atoms with Crippen LogP contribution in [0.3, 0.4) is 0 Å². The minimum Gasteiger partial charge on any atom is -0.327 e. The summed E-state index contributed by atoms with van der Waals surface area (Å²) in [5, 5.41) is 3.42. The molecule has 110 valence electrons. The lowest BCUT2D eigenvalue weighted by Gasteiger charge is -2.14. The number of rotatable bonds is 2. The highest BCUT2D eigenvalue weighted by Crippen LogP contribution is 2.24. The summed E-state index contributed by atoms with van der Waals surface area (Å²) in [6.07, 6.45) is 1.85. The van der Waals surface area contributed by atoms with Crippen molar-refractivity contribution in [3.63, 3.8) is 0 Å². The largest absolute Gasteiger partial charge is 0.327 e. The molecule has 3 nitrogen and oxygen atoms in total. The maximum Gasteiger partial charge on any atom is 0.281 e. The maximum absolute atomic E-state index is 12.6. The number of anilines is 1. The van der Waals surface area contributed by atoms with Crippen LogP contribution in [0.5, 0.6) is 0 Å². The lowest BCUT2D eigenvalue weighted by Crippen LogP contribution is -2.30. The predicted molar refractivity (Wildman–Crippen MR) is 102 cm³/mol. The minimum atomic E-state index is -0.129. The Kier molecular flexibility index (Phi) is 4.26. The van der Waals surface area contributed by atoms with Gasteiger partial charge in [-0.15, -0.1) is 0 Å². The number of aryl methyl sites for hydroxylation is 1. The Labute approximate surface area is 148 Å². The van der Waals surface area contributed by atoms with Crippen LogP contribution < -0.4 is 10.2 Å². The molecule has 0 spiro atoms. The van der Waals surface area contributed by atoms with Gasteiger partial charge in [0.15, 0.2) is 5.11 Å². The van der Waals surface area contributed by atoms with E-state index < -0.39 is 0 Å². The topological polar surface area (TPSA) is 32.3 Å². The van der Waals surface area contributed by atoms with Crippen LogP contribution in [0.1, 0.15) is 11.1 Å². The molecule has 1 N–H and O–H groups in total. The van der Waals surface area contributed by atoms with Crippen LogP contribution in [0.25, 0.3) is 6.08 Å². The van der Waals surface area contributed by atoms with Gasteiger partial charge in [0.2, 0.25) is 0 Å². The number of thiocarbonyl (C=S) groups is 1. The van der Waals surface area contributed by atoms with E-state index in [0.29, 0.717) is 10.8 Å². The smallest absolute Gasteiger partial charge is 0.281 e. The fourth-order valence-electron chi connectivity index (χ4n) is 2.29. The Bertz CT molecular complexity index is 801. The highest BCUT2D eigenvalue weighted by atomic mass is 127. The van der Waals surface area contributed by atoms with Gasteiger partial charge >= 0.3 is 0 Å². The SMILES string of the molecule is Cc1ccccc1/C=C1\NC(=S)N(c2cccc(I)c2)C1=O. The molecule has 5 heteroatoms. The van der Waals surface area contributed by atoms with Gasteiger partial charge in [-0.1, -0.05) is 30.3 Å². The van der Waals surface area contributed by atoms with Crippen molar-refractivity contribution < 1.29 is 4.79 Å². The molecule has 22 heavy (non-hydrogen) atoms. The molecule has 0 unspecified atom stereocenters. The first-order valence-corrected chi connectivity index (χ1v) is 8.23. The van der Waals surface area contributed by atoms with Gasteiger partial charge in [-0.25, -0.2) is 0 Å². The van der Waals surface area contributed by atoms with E-state index in [-0.39, 0.29) is 5.91 Å². The number of halogens is 1. The molecule has 1 aliphatic heterocycles. The lowest BCUT2D eigenvalue weighted by molar-refractivity contribution is -0.113. The van der Waals surface area contributed by atoms with Crippen molar-refractivity contribution in [3.8, 4) is 0 Å². The Morgan fingerprint density at radius 1 is 1.18 bits per heavy atom. The first-order chi connectivity index (χ1) is 10.6. The number of nitrogens with zero attached hydrogens (tertiary/aromatic N) is 1.